The molecule has 0 aromatic carbocycles. The maximum atomic E-state index is 12.1. The Morgan fingerprint density at radius 3 is 2.71 bits per heavy atom. The number of thioether (sulfide) groups is 1. The molecule has 1 aliphatic rings. The molecule has 0 bridgehead atoms. The second-order valence-corrected chi connectivity index (χ2v) is 8.05. The first-order chi connectivity index (χ1) is 11.3. The molecule has 0 radical (unpaired) electrons. The molecule has 130 valence electrons. The van der Waals surface area contributed by atoms with Crippen molar-refractivity contribution in [3.05, 3.63) is 16.0 Å². The molecule has 0 atom stereocenters. The lowest BCUT2D eigenvalue weighted by molar-refractivity contribution is -0.119. The van der Waals surface area contributed by atoms with E-state index in [4.69, 9.17) is 0 Å². The zero-order valence-electron chi connectivity index (χ0n) is 14.1. The summed E-state index contributed by atoms with van der Waals surface area (Å²) in [6.45, 7) is 5.76. The maximum Gasteiger partial charge on any atom is 0.274 e. The normalized spacial score (nSPS) is 16.0. The van der Waals surface area contributed by atoms with Crippen molar-refractivity contribution >= 4 is 23.4 Å². The van der Waals surface area contributed by atoms with Crippen LogP contribution in [0, 0.1) is 0 Å². The first-order valence-corrected chi connectivity index (χ1v) is 9.11. The van der Waals surface area contributed by atoms with Crippen LogP contribution in [-0.4, -0.2) is 42.5 Å². The van der Waals surface area contributed by atoms with Crippen LogP contribution in [0.4, 0.5) is 0 Å². The topological polar surface area (TPSA) is 105 Å². The third-order valence-corrected chi connectivity index (χ3v) is 4.93. The van der Waals surface area contributed by atoms with Crippen molar-refractivity contribution in [3.63, 3.8) is 0 Å². The monoisotopic (exact) mass is 350 g/mol. The predicted molar refractivity (Wildman–Crippen MR) is 91.2 cm³/mol. The Morgan fingerprint density at radius 2 is 2.04 bits per heavy atom. The van der Waals surface area contributed by atoms with Gasteiger partial charge in [-0.3, -0.25) is 14.6 Å². The molecule has 0 spiro atoms. The number of nitrogens with one attached hydrogen (secondary N) is 2. The van der Waals surface area contributed by atoms with Gasteiger partial charge in [-0.05, 0) is 12.8 Å². The first kappa shape index (κ1) is 16.9. The van der Waals surface area contributed by atoms with Gasteiger partial charge in [0.25, 0.3) is 11.3 Å². The van der Waals surface area contributed by atoms with E-state index in [1.807, 2.05) is 20.8 Å². The highest BCUT2D eigenvalue weighted by atomic mass is 32.2. The van der Waals surface area contributed by atoms with E-state index in [0.717, 1.165) is 12.8 Å². The van der Waals surface area contributed by atoms with Crippen LogP contribution in [0.15, 0.2) is 9.95 Å². The van der Waals surface area contributed by atoms with Gasteiger partial charge in [0.05, 0.1) is 5.75 Å². The van der Waals surface area contributed by atoms with Crippen LogP contribution in [0.3, 0.4) is 0 Å². The minimum absolute atomic E-state index is 0.0101. The fourth-order valence-electron chi connectivity index (χ4n) is 2.79. The number of amides is 1. The number of hydrogen-bond donors (Lipinski definition) is 2. The SMILES string of the molecule is CC(C)(C)c1nn2c(SCC(=O)NC3CCCC3)nnc2[nH]c1=O. The summed E-state index contributed by atoms with van der Waals surface area (Å²) in [6, 6.07) is 0.301. The summed E-state index contributed by atoms with van der Waals surface area (Å²) >= 11 is 1.27. The standard InChI is InChI=1S/C15H22N6O2S/c1-15(2,3)11-12(23)17-13-18-19-14(21(13)20-11)24-8-10(22)16-9-6-4-5-7-9/h9H,4-8H2,1-3H3,(H,16,22)(H,17,18,23). The largest absolute Gasteiger partial charge is 0.353 e. The van der Waals surface area contributed by atoms with Crippen LogP contribution < -0.4 is 10.9 Å². The van der Waals surface area contributed by atoms with Crippen LogP contribution in [0.5, 0.6) is 0 Å². The van der Waals surface area contributed by atoms with Gasteiger partial charge in [-0.1, -0.05) is 45.4 Å². The number of aromatic amines is 1. The average molecular weight is 350 g/mol. The molecule has 1 amide bonds. The number of carbonyl (C=O) groups is 1. The Morgan fingerprint density at radius 1 is 1.33 bits per heavy atom. The predicted octanol–water partition coefficient (Wildman–Crippen LogP) is 1.26. The number of hydrogen-bond acceptors (Lipinski definition) is 6. The van der Waals surface area contributed by atoms with Gasteiger partial charge in [-0.15, -0.1) is 10.2 Å². The quantitative estimate of drug-likeness (QED) is 0.804. The Balaban J connectivity index is 1.75. The fourth-order valence-corrected chi connectivity index (χ4v) is 3.48. The van der Waals surface area contributed by atoms with E-state index in [1.165, 1.54) is 29.1 Å². The zero-order chi connectivity index (χ0) is 17.3. The Labute approximate surface area is 143 Å². The lowest BCUT2D eigenvalue weighted by Crippen LogP contribution is -2.33. The molecule has 2 aromatic rings. The van der Waals surface area contributed by atoms with E-state index in [1.54, 1.807) is 0 Å². The molecule has 0 aliphatic heterocycles. The van der Waals surface area contributed by atoms with Crippen LogP contribution in [-0.2, 0) is 10.2 Å². The minimum atomic E-state index is -0.395. The molecule has 8 nitrogen and oxygen atoms in total. The molecule has 1 saturated carbocycles. The lowest BCUT2D eigenvalue weighted by Gasteiger charge is -2.15. The molecule has 0 saturated heterocycles. The summed E-state index contributed by atoms with van der Waals surface area (Å²) in [6.07, 6.45) is 4.48. The molecule has 9 heteroatoms. The van der Waals surface area contributed by atoms with Gasteiger partial charge in [0.15, 0.2) is 0 Å². The molecular formula is C15H22N6O2S. The fraction of sp³-hybridized carbons (Fsp3) is 0.667. The summed E-state index contributed by atoms with van der Waals surface area (Å²) < 4.78 is 1.50. The van der Waals surface area contributed by atoms with Crippen molar-refractivity contribution < 1.29 is 4.79 Å². The molecular weight excluding hydrogens is 328 g/mol. The zero-order valence-corrected chi connectivity index (χ0v) is 14.9. The van der Waals surface area contributed by atoms with E-state index in [0.29, 0.717) is 16.9 Å². The second kappa shape index (κ2) is 6.54. The maximum absolute atomic E-state index is 12.1. The number of fused-ring (bicyclic) bond motifs is 1. The van der Waals surface area contributed by atoms with E-state index in [2.05, 4.69) is 25.6 Å². The molecule has 0 unspecified atom stereocenters. The van der Waals surface area contributed by atoms with Gasteiger partial charge in [-0.2, -0.15) is 9.61 Å². The van der Waals surface area contributed by atoms with Crippen molar-refractivity contribution in [1.82, 2.24) is 30.1 Å². The van der Waals surface area contributed by atoms with Gasteiger partial charge in [-0.25, -0.2) is 0 Å². The second-order valence-electron chi connectivity index (χ2n) is 7.11. The van der Waals surface area contributed by atoms with Crippen molar-refractivity contribution in [1.29, 1.82) is 0 Å². The summed E-state index contributed by atoms with van der Waals surface area (Å²) in [4.78, 5) is 26.8. The van der Waals surface area contributed by atoms with Gasteiger partial charge >= 0.3 is 0 Å². The van der Waals surface area contributed by atoms with Crippen molar-refractivity contribution in [2.24, 2.45) is 0 Å². The first-order valence-electron chi connectivity index (χ1n) is 8.13. The van der Waals surface area contributed by atoms with Gasteiger partial charge in [0.2, 0.25) is 11.1 Å². The van der Waals surface area contributed by atoms with Crippen LogP contribution >= 0.6 is 11.8 Å². The molecule has 24 heavy (non-hydrogen) atoms. The van der Waals surface area contributed by atoms with E-state index in [-0.39, 0.29) is 23.0 Å². The Hall–Kier alpha value is -1.90. The number of rotatable bonds is 4. The highest BCUT2D eigenvalue weighted by Gasteiger charge is 2.23. The third kappa shape index (κ3) is 3.61. The van der Waals surface area contributed by atoms with E-state index in [9.17, 15) is 9.59 Å². The van der Waals surface area contributed by atoms with Gasteiger partial charge in [0.1, 0.15) is 5.69 Å². The van der Waals surface area contributed by atoms with Gasteiger partial charge in [0, 0.05) is 11.5 Å². The minimum Gasteiger partial charge on any atom is -0.353 e. The Bertz CT molecular complexity index is 800. The van der Waals surface area contributed by atoms with Crippen LogP contribution in [0.1, 0.15) is 52.1 Å². The molecule has 2 heterocycles. The summed E-state index contributed by atoms with van der Waals surface area (Å²) in [5.74, 6) is 0.527. The lowest BCUT2D eigenvalue weighted by atomic mass is 9.93. The Kier molecular flexibility index (Phi) is 4.62. The van der Waals surface area contributed by atoms with Crippen molar-refractivity contribution in [2.45, 2.75) is 63.1 Å². The summed E-state index contributed by atoms with van der Waals surface area (Å²) in [7, 11) is 0. The number of carbonyl (C=O) groups excluding carboxylic acids is 1. The number of nitrogens with zero attached hydrogens (tertiary/aromatic N) is 4. The summed E-state index contributed by atoms with van der Waals surface area (Å²) in [5, 5.41) is 15.9. The molecule has 1 aliphatic carbocycles. The van der Waals surface area contributed by atoms with Crippen molar-refractivity contribution in [2.75, 3.05) is 5.75 Å². The van der Waals surface area contributed by atoms with Gasteiger partial charge < -0.3 is 5.32 Å². The van der Waals surface area contributed by atoms with E-state index >= 15 is 0 Å². The number of H-pyrrole nitrogens is 1. The molecule has 2 N–H and O–H groups in total. The van der Waals surface area contributed by atoms with Crippen LogP contribution in [0.2, 0.25) is 0 Å². The highest BCUT2D eigenvalue weighted by Crippen LogP contribution is 2.20. The molecule has 3 rings (SSSR count). The summed E-state index contributed by atoms with van der Waals surface area (Å²) in [5.41, 5.74) is -0.252. The van der Waals surface area contributed by atoms with E-state index < -0.39 is 5.41 Å². The third-order valence-electron chi connectivity index (χ3n) is 4.02. The number of aromatic nitrogens is 5. The van der Waals surface area contributed by atoms with Crippen molar-refractivity contribution in [3.8, 4) is 0 Å². The van der Waals surface area contributed by atoms with Crippen LogP contribution in [0.25, 0.3) is 5.78 Å². The smallest absolute Gasteiger partial charge is 0.274 e. The average Bonchev–Trinajstić information content (AvgIpc) is 3.12. The molecule has 1 fully saturated rings. The molecule has 2 aromatic heterocycles. The highest BCUT2D eigenvalue weighted by molar-refractivity contribution is 7.99.